The Balaban J connectivity index is 1.92. The van der Waals surface area contributed by atoms with E-state index in [9.17, 15) is 13.6 Å². The zero-order chi connectivity index (χ0) is 14.7. The first kappa shape index (κ1) is 14.9. The van der Waals surface area contributed by atoms with Crippen molar-refractivity contribution >= 4 is 11.6 Å². The van der Waals surface area contributed by atoms with E-state index >= 15 is 0 Å². The lowest BCUT2D eigenvalue weighted by atomic mass is 10.2. The van der Waals surface area contributed by atoms with Crippen molar-refractivity contribution in [3.05, 3.63) is 29.8 Å². The molecule has 0 radical (unpaired) electrons. The molecule has 0 unspecified atom stereocenters. The molecule has 1 fully saturated rings. The fourth-order valence-corrected chi connectivity index (χ4v) is 2.40. The Morgan fingerprint density at radius 2 is 2.00 bits per heavy atom. The first-order valence-corrected chi connectivity index (χ1v) is 6.56. The number of anilines is 1. The van der Waals surface area contributed by atoms with E-state index in [4.69, 9.17) is 4.74 Å². The van der Waals surface area contributed by atoms with Crippen LogP contribution in [0.15, 0.2) is 18.2 Å². The summed E-state index contributed by atoms with van der Waals surface area (Å²) in [4.78, 5) is 13.8. The molecule has 1 aromatic rings. The van der Waals surface area contributed by atoms with Gasteiger partial charge in [0, 0.05) is 19.2 Å². The van der Waals surface area contributed by atoms with Crippen molar-refractivity contribution in [2.45, 2.75) is 26.1 Å². The molecule has 1 aromatic carbocycles. The van der Waals surface area contributed by atoms with Gasteiger partial charge in [-0.1, -0.05) is 0 Å². The van der Waals surface area contributed by atoms with Crippen molar-refractivity contribution in [2.24, 2.45) is 0 Å². The van der Waals surface area contributed by atoms with Crippen molar-refractivity contribution in [3.63, 3.8) is 0 Å². The van der Waals surface area contributed by atoms with Crippen LogP contribution in [0.1, 0.15) is 13.8 Å². The second-order valence-electron chi connectivity index (χ2n) is 5.12. The van der Waals surface area contributed by atoms with Gasteiger partial charge in [0.05, 0.1) is 24.4 Å². The SMILES string of the molecule is C[C@@H]1CN(CC(=O)Nc2ccc(F)cc2F)C[C@@H](C)O1. The van der Waals surface area contributed by atoms with Gasteiger partial charge in [0.25, 0.3) is 0 Å². The second kappa shape index (κ2) is 6.28. The summed E-state index contributed by atoms with van der Waals surface area (Å²) in [5, 5.41) is 2.45. The Morgan fingerprint density at radius 1 is 1.35 bits per heavy atom. The Bertz CT molecular complexity index is 486. The smallest absolute Gasteiger partial charge is 0.238 e. The molecule has 0 bridgehead atoms. The zero-order valence-corrected chi connectivity index (χ0v) is 11.5. The second-order valence-corrected chi connectivity index (χ2v) is 5.12. The van der Waals surface area contributed by atoms with Crippen molar-refractivity contribution in [1.29, 1.82) is 0 Å². The van der Waals surface area contributed by atoms with Crippen LogP contribution >= 0.6 is 0 Å². The van der Waals surface area contributed by atoms with Gasteiger partial charge in [-0.3, -0.25) is 9.69 Å². The van der Waals surface area contributed by atoms with E-state index in [-0.39, 0.29) is 30.3 Å². The average molecular weight is 284 g/mol. The number of hydrogen-bond donors (Lipinski definition) is 1. The molecule has 0 aliphatic carbocycles. The summed E-state index contributed by atoms with van der Waals surface area (Å²) in [6.45, 7) is 5.36. The molecular formula is C14H18F2N2O2. The number of carbonyl (C=O) groups excluding carboxylic acids is 1. The number of ether oxygens (including phenoxy) is 1. The van der Waals surface area contributed by atoms with Gasteiger partial charge in [-0.15, -0.1) is 0 Å². The third-order valence-electron chi connectivity index (χ3n) is 3.07. The topological polar surface area (TPSA) is 41.6 Å². The molecule has 1 heterocycles. The molecule has 1 aliphatic heterocycles. The standard InChI is InChI=1S/C14H18F2N2O2/c1-9-6-18(7-10(2)20-9)8-14(19)17-13-4-3-11(15)5-12(13)16/h3-5,9-10H,6-8H2,1-2H3,(H,17,19)/t9-,10-/m1/s1. The molecule has 6 heteroatoms. The maximum atomic E-state index is 13.4. The van der Waals surface area contributed by atoms with E-state index in [1.54, 1.807) is 0 Å². The Labute approximate surface area is 116 Å². The van der Waals surface area contributed by atoms with Gasteiger partial charge < -0.3 is 10.1 Å². The van der Waals surface area contributed by atoms with Crippen LogP contribution in [0.3, 0.4) is 0 Å². The predicted octanol–water partition coefficient (Wildman–Crippen LogP) is 2.01. The predicted molar refractivity (Wildman–Crippen MR) is 71.4 cm³/mol. The van der Waals surface area contributed by atoms with Crippen molar-refractivity contribution in [1.82, 2.24) is 4.90 Å². The Hall–Kier alpha value is -1.53. The highest BCUT2D eigenvalue weighted by molar-refractivity contribution is 5.92. The van der Waals surface area contributed by atoms with Crippen molar-refractivity contribution in [2.75, 3.05) is 25.0 Å². The lowest BCUT2D eigenvalue weighted by Crippen LogP contribution is -2.48. The number of hydrogen-bond acceptors (Lipinski definition) is 3. The number of carbonyl (C=O) groups is 1. The highest BCUT2D eigenvalue weighted by atomic mass is 19.1. The summed E-state index contributed by atoms with van der Waals surface area (Å²) in [6, 6.07) is 3.07. The van der Waals surface area contributed by atoms with Crippen molar-refractivity contribution in [3.8, 4) is 0 Å². The largest absolute Gasteiger partial charge is 0.373 e. The normalized spacial score (nSPS) is 23.6. The summed E-state index contributed by atoms with van der Waals surface area (Å²) in [6.07, 6.45) is 0.128. The van der Waals surface area contributed by atoms with Gasteiger partial charge in [0.15, 0.2) is 0 Å². The number of rotatable bonds is 3. The van der Waals surface area contributed by atoms with Crippen LogP contribution in [0.5, 0.6) is 0 Å². The molecule has 0 saturated carbocycles. The molecule has 0 spiro atoms. The summed E-state index contributed by atoms with van der Waals surface area (Å²) in [7, 11) is 0. The molecule has 20 heavy (non-hydrogen) atoms. The van der Waals surface area contributed by atoms with Crippen LogP contribution in [0.25, 0.3) is 0 Å². The lowest BCUT2D eigenvalue weighted by molar-refractivity contribution is -0.121. The van der Waals surface area contributed by atoms with Crippen LogP contribution in [-0.2, 0) is 9.53 Å². The maximum Gasteiger partial charge on any atom is 0.238 e. The molecule has 1 N–H and O–H groups in total. The van der Waals surface area contributed by atoms with Gasteiger partial charge >= 0.3 is 0 Å². The fraction of sp³-hybridized carbons (Fsp3) is 0.500. The lowest BCUT2D eigenvalue weighted by Gasteiger charge is -2.34. The third kappa shape index (κ3) is 3.98. The van der Waals surface area contributed by atoms with E-state index in [0.717, 1.165) is 12.1 Å². The van der Waals surface area contributed by atoms with Crippen molar-refractivity contribution < 1.29 is 18.3 Å². The Kier molecular flexibility index (Phi) is 4.67. The third-order valence-corrected chi connectivity index (χ3v) is 3.07. The van der Waals surface area contributed by atoms with Crippen LogP contribution in [-0.4, -0.2) is 42.6 Å². The molecule has 110 valence electrons. The average Bonchev–Trinajstić information content (AvgIpc) is 2.31. The first-order valence-electron chi connectivity index (χ1n) is 6.56. The molecule has 1 aliphatic rings. The minimum atomic E-state index is -0.776. The summed E-state index contributed by atoms with van der Waals surface area (Å²) >= 11 is 0. The van der Waals surface area contributed by atoms with Gasteiger partial charge in [0.2, 0.25) is 5.91 Å². The molecule has 1 saturated heterocycles. The van der Waals surface area contributed by atoms with E-state index in [2.05, 4.69) is 5.32 Å². The first-order chi connectivity index (χ1) is 9.44. The minimum Gasteiger partial charge on any atom is -0.373 e. The summed E-state index contributed by atoms with van der Waals surface area (Å²) in [5.41, 5.74) is -0.00856. The highest BCUT2D eigenvalue weighted by Crippen LogP contribution is 2.15. The Morgan fingerprint density at radius 3 is 2.60 bits per heavy atom. The fourth-order valence-electron chi connectivity index (χ4n) is 2.40. The monoisotopic (exact) mass is 284 g/mol. The number of nitrogens with zero attached hydrogens (tertiary/aromatic N) is 1. The maximum absolute atomic E-state index is 13.4. The van der Waals surface area contributed by atoms with Gasteiger partial charge in [-0.2, -0.15) is 0 Å². The molecule has 4 nitrogen and oxygen atoms in total. The van der Waals surface area contributed by atoms with E-state index in [1.807, 2.05) is 18.7 Å². The minimum absolute atomic E-state index is 0.00856. The number of morpholine rings is 1. The quantitative estimate of drug-likeness (QED) is 0.923. The zero-order valence-electron chi connectivity index (χ0n) is 11.5. The number of amides is 1. The summed E-state index contributed by atoms with van der Waals surface area (Å²) < 4.78 is 31.8. The van der Waals surface area contributed by atoms with Crippen LogP contribution in [0, 0.1) is 11.6 Å². The molecule has 1 amide bonds. The van der Waals surface area contributed by atoms with Gasteiger partial charge in [0.1, 0.15) is 11.6 Å². The number of benzene rings is 1. The molecule has 2 atom stereocenters. The number of nitrogens with one attached hydrogen (secondary N) is 1. The highest BCUT2D eigenvalue weighted by Gasteiger charge is 2.23. The van der Waals surface area contributed by atoms with Crippen LogP contribution in [0.2, 0.25) is 0 Å². The molecular weight excluding hydrogens is 266 g/mol. The van der Waals surface area contributed by atoms with Gasteiger partial charge in [-0.05, 0) is 26.0 Å². The van der Waals surface area contributed by atoms with Gasteiger partial charge in [-0.25, -0.2) is 8.78 Å². The molecule has 2 rings (SSSR count). The van der Waals surface area contributed by atoms with Crippen LogP contribution in [0.4, 0.5) is 14.5 Å². The molecule has 0 aromatic heterocycles. The number of halogens is 2. The summed E-state index contributed by atoms with van der Waals surface area (Å²) in [5.74, 6) is -1.77. The van der Waals surface area contributed by atoms with E-state index in [1.165, 1.54) is 6.07 Å². The van der Waals surface area contributed by atoms with E-state index in [0.29, 0.717) is 13.1 Å². The van der Waals surface area contributed by atoms with Crippen LogP contribution < -0.4 is 5.32 Å². The van der Waals surface area contributed by atoms with E-state index < -0.39 is 11.6 Å².